The summed E-state index contributed by atoms with van der Waals surface area (Å²) in [5.41, 5.74) is 2.69. The number of benzene rings is 2. The van der Waals surface area contributed by atoms with Crippen molar-refractivity contribution in [3.63, 3.8) is 0 Å². The second-order valence-electron chi connectivity index (χ2n) is 4.79. The Hall–Kier alpha value is -1.48. The molecule has 2 aromatic carbocycles. The summed E-state index contributed by atoms with van der Waals surface area (Å²) in [6.45, 7) is 0.743. The topological polar surface area (TPSA) is 21.3 Å². The van der Waals surface area contributed by atoms with Gasteiger partial charge in [0.05, 0.1) is 6.61 Å². The molecule has 1 unspecified atom stereocenters. The van der Waals surface area contributed by atoms with E-state index in [9.17, 15) is 0 Å². The molecule has 1 aliphatic rings. The van der Waals surface area contributed by atoms with Crippen LogP contribution in [-0.2, 0) is 6.42 Å². The first-order valence-corrected chi connectivity index (χ1v) is 7.33. The number of rotatable bonds is 4. The number of hydrogen-bond donors (Lipinski definition) is 1. The van der Waals surface area contributed by atoms with Crippen LogP contribution in [0.4, 0.5) is 5.69 Å². The monoisotopic (exact) mass is 317 g/mol. The maximum absolute atomic E-state index is 5.76. The van der Waals surface area contributed by atoms with Crippen molar-refractivity contribution in [3.05, 3.63) is 58.6 Å². The third kappa shape index (κ3) is 3.10. The molecule has 2 nitrogen and oxygen atoms in total. The van der Waals surface area contributed by atoms with Gasteiger partial charge in [-0.05, 0) is 42.3 Å². The highest BCUT2D eigenvalue weighted by Crippen LogP contribution is 2.26. The van der Waals surface area contributed by atoms with Crippen LogP contribution in [0, 0.1) is 0 Å². The Morgan fingerprint density at radius 2 is 1.89 bits per heavy atom. The van der Waals surface area contributed by atoms with Crippen LogP contribution in [0.15, 0.2) is 53.0 Å². The highest BCUT2D eigenvalue weighted by atomic mass is 79.9. The van der Waals surface area contributed by atoms with Gasteiger partial charge in [0.2, 0.25) is 0 Å². The van der Waals surface area contributed by atoms with Crippen LogP contribution in [0.1, 0.15) is 12.0 Å². The highest BCUT2D eigenvalue weighted by molar-refractivity contribution is 9.10. The van der Waals surface area contributed by atoms with Crippen molar-refractivity contribution in [1.29, 1.82) is 0 Å². The average Bonchev–Trinajstić information content (AvgIpc) is 2.83. The van der Waals surface area contributed by atoms with Gasteiger partial charge >= 0.3 is 0 Å². The van der Waals surface area contributed by atoms with Crippen LogP contribution in [0.5, 0.6) is 5.75 Å². The molecule has 0 saturated carbocycles. The van der Waals surface area contributed by atoms with E-state index in [0.717, 1.165) is 29.7 Å². The van der Waals surface area contributed by atoms with Gasteiger partial charge in [-0.3, -0.25) is 0 Å². The minimum Gasteiger partial charge on any atom is -0.494 e. The number of anilines is 1. The summed E-state index contributed by atoms with van der Waals surface area (Å²) in [5, 5.41) is 3.54. The molecule has 2 aromatic rings. The van der Waals surface area contributed by atoms with E-state index in [1.807, 2.05) is 24.3 Å². The second kappa shape index (κ2) is 5.66. The Morgan fingerprint density at radius 1 is 1.11 bits per heavy atom. The molecule has 0 aliphatic carbocycles. The van der Waals surface area contributed by atoms with Crippen LogP contribution in [0.2, 0.25) is 0 Å². The predicted molar refractivity (Wildman–Crippen MR) is 81.8 cm³/mol. The van der Waals surface area contributed by atoms with Crippen molar-refractivity contribution < 1.29 is 4.74 Å². The molecule has 0 amide bonds. The molecule has 0 saturated heterocycles. The third-order valence-corrected chi connectivity index (χ3v) is 3.92. The van der Waals surface area contributed by atoms with Crippen LogP contribution >= 0.6 is 15.9 Å². The van der Waals surface area contributed by atoms with E-state index in [2.05, 4.69) is 45.5 Å². The molecule has 1 aliphatic heterocycles. The summed E-state index contributed by atoms with van der Waals surface area (Å²) in [6, 6.07) is 17.0. The lowest BCUT2D eigenvalue weighted by Crippen LogP contribution is -2.18. The van der Waals surface area contributed by atoms with Gasteiger partial charge < -0.3 is 10.1 Å². The maximum Gasteiger partial charge on any atom is 0.119 e. The van der Waals surface area contributed by atoms with E-state index < -0.39 is 0 Å². The smallest absolute Gasteiger partial charge is 0.119 e. The molecule has 0 bridgehead atoms. The molecule has 19 heavy (non-hydrogen) atoms. The number of halogens is 1. The molecule has 1 N–H and O–H groups in total. The van der Waals surface area contributed by atoms with E-state index in [1.165, 1.54) is 11.3 Å². The number of nitrogens with one attached hydrogen (secondary N) is 1. The van der Waals surface area contributed by atoms with Gasteiger partial charge in [-0.1, -0.05) is 34.1 Å². The van der Waals surface area contributed by atoms with Crippen LogP contribution in [-0.4, -0.2) is 12.6 Å². The summed E-state index contributed by atoms with van der Waals surface area (Å²) in [6.07, 6.45) is 2.12. The van der Waals surface area contributed by atoms with Crippen LogP contribution < -0.4 is 10.1 Å². The van der Waals surface area contributed by atoms with Gasteiger partial charge in [-0.15, -0.1) is 0 Å². The van der Waals surface area contributed by atoms with Crippen molar-refractivity contribution in [3.8, 4) is 5.75 Å². The first-order valence-electron chi connectivity index (χ1n) is 6.54. The van der Waals surface area contributed by atoms with E-state index in [4.69, 9.17) is 4.74 Å². The SMILES string of the molecule is Brc1ccc(OCCC2Cc3ccccc3N2)cc1. The fourth-order valence-corrected chi connectivity index (χ4v) is 2.66. The van der Waals surface area contributed by atoms with E-state index in [-0.39, 0.29) is 0 Å². The minimum absolute atomic E-state index is 0.493. The summed E-state index contributed by atoms with van der Waals surface area (Å²) in [5.74, 6) is 0.929. The molecule has 3 heteroatoms. The molecule has 1 heterocycles. The lowest BCUT2D eigenvalue weighted by atomic mass is 10.1. The average molecular weight is 318 g/mol. The summed E-state index contributed by atoms with van der Waals surface area (Å²) in [7, 11) is 0. The first kappa shape index (κ1) is 12.5. The largest absolute Gasteiger partial charge is 0.494 e. The zero-order valence-electron chi connectivity index (χ0n) is 10.6. The fourth-order valence-electron chi connectivity index (χ4n) is 2.40. The molecular formula is C16H16BrNO. The third-order valence-electron chi connectivity index (χ3n) is 3.39. The lowest BCUT2D eigenvalue weighted by molar-refractivity contribution is 0.302. The molecule has 98 valence electrons. The van der Waals surface area contributed by atoms with E-state index >= 15 is 0 Å². The fraction of sp³-hybridized carbons (Fsp3) is 0.250. The molecular weight excluding hydrogens is 302 g/mol. The molecule has 0 spiro atoms. The second-order valence-corrected chi connectivity index (χ2v) is 5.71. The van der Waals surface area contributed by atoms with Gasteiger partial charge in [-0.2, -0.15) is 0 Å². The van der Waals surface area contributed by atoms with Crippen molar-refractivity contribution in [1.82, 2.24) is 0 Å². The molecule has 1 atom stereocenters. The Labute approximate surface area is 121 Å². The number of hydrogen-bond acceptors (Lipinski definition) is 2. The summed E-state index contributed by atoms with van der Waals surface area (Å²) < 4.78 is 6.84. The van der Waals surface area contributed by atoms with Crippen molar-refractivity contribution in [2.24, 2.45) is 0 Å². The molecule has 0 aromatic heterocycles. The number of fused-ring (bicyclic) bond motifs is 1. The summed E-state index contributed by atoms with van der Waals surface area (Å²) in [4.78, 5) is 0. The minimum atomic E-state index is 0.493. The number of ether oxygens (including phenoxy) is 1. The zero-order valence-corrected chi connectivity index (χ0v) is 12.2. The van der Waals surface area contributed by atoms with Gasteiger partial charge in [0, 0.05) is 22.6 Å². The van der Waals surface area contributed by atoms with E-state index in [0.29, 0.717) is 6.04 Å². The highest BCUT2D eigenvalue weighted by Gasteiger charge is 2.19. The summed E-state index contributed by atoms with van der Waals surface area (Å²) >= 11 is 3.42. The lowest BCUT2D eigenvalue weighted by Gasteiger charge is -2.12. The Balaban J connectivity index is 1.48. The van der Waals surface area contributed by atoms with E-state index in [1.54, 1.807) is 0 Å². The van der Waals surface area contributed by atoms with Gasteiger partial charge in [0.15, 0.2) is 0 Å². The first-order chi connectivity index (χ1) is 9.31. The van der Waals surface area contributed by atoms with Crippen LogP contribution in [0.25, 0.3) is 0 Å². The van der Waals surface area contributed by atoms with Gasteiger partial charge in [-0.25, -0.2) is 0 Å². The standard InChI is InChI=1S/C16H16BrNO/c17-13-5-7-15(8-6-13)19-10-9-14-11-12-3-1-2-4-16(12)18-14/h1-8,14,18H,9-11H2. The molecule has 0 fully saturated rings. The maximum atomic E-state index is 5.76. The zero-order chi connectivity index (χ0) is 13.1. The number of para-hydroxylation sites is 1. The van der Waals surface area contributed by atoms with Gasteiger partial charge in [0.25, 0.3) is 0 Å². The van der Waals surface area contributed by atoms with Crippen molar-refractivity contribution in [2.45, 2.75) is 18.9 Å². The quantitative estimate of drug-likeness (QED) is 0.910. The molecule has 3 rings (SSSR count). The van der Waals surface area contributed by atoms with Crippen molar-refractivity contribution in [2.75, 3.05) is 11.9 Å². The van der Waals surface area contributed by atoms with Crippen molar-refractivity contribution >= 4 is 21.6 Å². The Kier molecular flexibility index (Phi) is 3.74. The van der Waals surface area contributed by atoms with Crippen LogP contribution in [0.3, 0.4) is 0 Å². The predicted octanol–water partition coefficient (Wildman–Crippen LogP) is 4.25. The molecule has 0 radical (unpaired) electrons. The Bertz CT molecular complexity index is 528. The normalized spacial score (nSPS) is 16.8. The Morgan fingerprint density at radius 3 is 2.68 bits per heavy atom. The van der Waals surface area contributed by atoms with Gasteiger partial charge in [0.1, 0.15) is 5.75 Å².